The second kappa shape index (κ2) is 34.1. The van der Waals surface area contributed by atoms with Gasteiger partial charge in [-0.3, -0.25) is 18.9 Å². The molecular weight excluding hydrogens is 747 g/mol. The molecule has 11 nitrogen and oxygen atoms in total. The molecule has 1 rings (SSSR count). The number of ketones is 1. The van der Waals surface area contributed by atoms with E-state index in [4.69, 9.17) is 19.3 Å². The molecule has 0 radical (unpaired) electrons. The summed E-state index contributed by atoms with van der Waals surface area (Å²) in [7, 11) is -4.81. The van der Waals surface area contributed by atoms with Crippen LogP contribution in [0.1, 0.15) is 207 Å². The SMILES string of the molecule is CCCCC[C@H](O)/C=C/[C@H]1C(=O)C[C@H](O)[C@@H]1CCCCCCC(=O)OC[C@H](COP(=O)(O)O)OC(=O)CCCCCCCCCCCCCCCCCCC(C)C. The van der Waals surface area contributed by atoms with Crippen molar-refractivity contribution in [2.24, 2.45) is 17.8 Å². The van der Waals surface area contributed by atoms with E-state index in [9.17, 15) is 29.2 Å². The molecule has 0 bridgehead atoms. The number of phosphoric acid groups is 1. The smallest absolute Gasteiger partial charge is 0.462 e. The second-order valence-corrected chi connectivity index (χ2v) is 18.2. The van der Waals surface area contributed by atoms with Crippen LogP contribution in [0.4, 0.5) is 0 Å². The molecule has 1 saturated carbocycles. The molecule has 57 heavy (non-hydrogen) atoms. The molecule has 0 heterocycles. The Labute approximate surface area is 346 Å². The number of hydrogen-bond acceptors (Lipinski definition) is 9. The van der Waals surface area contributed by atoms with Gasteiger partial charge >= 0.3 is 19.8 Å². The average molecular weight is 831 g/mol. The van der Waals surface area contributed by atoms with Crippen LogP contribution in [0, 0.1) is 17.8 Å². The Morgan fingerprint density at radius 1 is 0.719 bits per heavy atom. The molecule has 0 aromatic rings. The Bertz CT molecular complexity index is 1110. The largest absolute Gasteiger partial charge is 0.469 e. The van der Waals surface area contributed by atoms with E-state index in [1.807, 2.05) is 0 Å². The first-order valence-corrected chi connectivity index (χ1v) is 24.5. The molecule has 1 fully saturated rings. The third-order valence-electron chi connectivity index (χ3n) is 11.1. The molecule has 0 aromatic heterocycles. The Hall–Kier alpha value is -1.62. The highest BCUT2D eigenvalue weighted by Crippen LogP contribution is 2.36. The zero-order chi connectivity index (χ0) is 42.2. The van der Waals surface area contributed by atoms with Crippen LogP contribution in [0.25, 0.3) is 0 Å². The fourth-order valence-electron chi connectivity index (χ4n) is 7.64. The molecule has 0 unspecified atom stereocenters. The van der Waals surface area contributed by atoms with E-state index < -0.39 is 44.7 Å². The number of allylic oxidation sites excluding steroid dienone is 1. The Balaban J connectivity index is 2.19. The van der Waals surface area contributed by atoms with Crippen LogP contribution in [0.15, 0.2) is 12.2 Å². The molecule has 1 aliphatic carbocycles. The van der Waals surface area contributed by atoms with Gasteiger partial charge in [-0.2, -0.15) is 0 Å². The number of esters is 2. The van der Waals surface area contributed by atoms with Crippen LogP contribution in [0.2, 0.25) is 0 Å². The van der Waals surface area contributed by atoms with Crippen LogP contribution < -0.4 is 0 Å². The van der Waals surface area contributed by atoms with Gasteiger partial charge in [0.25, 0.3) is 0 Å². The number of carbonyl (C=O) groups excluding carboxylic acids is 3. The topological polar surface area (TPSA) is 177 Å². The number of hydrogen-bond donors (Lipinski definition) is 4. The van der Waals surface area contributed by atoms with E-state index >= 15 is 0 Å². The minimum atomic E-state index is -4.81. The highest BCUT2D eigenvalue weighted by Gasteiger charge is 2.39. The first-order valence-electron chi connectivity index (χ1n) is 22.9. The quantitative estimate of drug-likeness (QED) is 0.0201. The zero-order valence-corrected chi connectivity index (χ0v) is 37.0. The van der Waals surface area contributed by atoms with E-state index in [-0.39, 0.29) is 43.5 Å². The van der Waals surface area contributed by atoms with Gasteiger partial charge in [-0.25, -0.2) is 4.57 Å². The first kappa shape index (κ1) is 53.4. The number of Topliss-reactive ketones (excluding diaryl/α,β-unsaturated/α-hetero) is 1. The highest BCUT2D eigenvalue weighted by molar-refractivity contribution is 7.46. The van der Waals surface area contributed by atoms with Crippen molar-refractivity contribution in [3.05, 3.63) is 12.2 Å². The lowest BCUT2D eigenvalue weighted by Gasteiger charge is -2.19. The minimum Gasteiger partial charge on any atom is -0.462 e. The number of aliphatic hydroxyl groups excluding tert-OH is 2. The zero-order valence-electron chi connectivity index (χ0n) is 36.1. The van der Waals surface area contributed by atoms with Gasteiger partial charge in [0.1, 0.15) is 12.4 Å². The molecule has 334 valence electrons. The van der Waals surface area contributed by atoms with Gasteiger partial charge < -0.3 is 29.5 Å². The maximum Gasteiger partial charge on any atom is 0.469 e. The van der Waals surface area contributed by atoms with E-state index in [1.54, 1.807) is 12.2 Å². The van der Waals surface area contributed by atoms with Crippen LogP contribution in [0.3, 0.4) is 0 Å². The fourth-order valence-corrected chi connectivity index (χ4v) is 8.00. The van der Waals surface area contributed by atoms with Crippen molar-refractivity contribution in [3.8, 4) is 0 Å². The van der Waals surface area contributed by atoms with Gasteiger partial charge in [-0.1, -0.05) is 174 Å². The minimum absolute atomic E-state index is 0.00266. The van der Waals surface area contributed by atoms with Crippen molar-refractivity contribution in [2.75, 3.05) is 13.2 Å². The van der Waals surface area contributed by atoms with E-state index in [2.05, 4.69) is 25.3 Å². The van der Waals surface area contributed by atoms with Gasteiger partial charge in [-0.05, 0) is 37.5 Å². The third-order valence-corrected chi connectivity index (χ3v) is 11.6. The van der Waals surface area contributed by atoms with Crippen molar-refractivity contribution in [3.63, 3.8) is 0 Å². The number of carbonyl (C=O) groups is 3. The molecule has 0 spiro atoms. The average Bonchev–Trinajstić information content (AvgIpc) is 3.42. The standard InChI is InChI=1S/C45H83O11P/c1-4-5-22-28-38(46)32-33-41-40(42(47)34-43(41)48)29-24-20-21-25-30-44(49)54-35-39(36-55-57(51,52)53)56-45(50)31-26-19-17-15-13-11-9-7-6-8-10-12-14-16-18-23-27-37(2)3/h32-33,37-42,46-47H,4-31,34-36H2,1-3H3,(H2,51,52,53)/b33-32+/t38-,39+,40+,41+,42-/m0/s1. The predicted molar refractivity (Wildman–Crippen MR) is 226 cm³/mol. The molecule has 5 atom stereocenters. The first-order chi connectivity index (χ1) is 27.3. The summed E-state index contributed by atoms with van der Waals surface area (Å²) in [4.78, 5) is 55.7. The van der Waals surface area contributed by atoms with Crippen molar-refractivity contribution in [1.82, 2.24) is 0 Å². The van der Waals surface area contributed by atoms with E-state index in [1.165, 1.54) is 83.5 Å². The summed E-state index contributed by atoms with van der Waals surface area (Å²) in [5.74, 6) is -0.769. The Kier molecular flexibility index (Phi) is 32.0. The summed E-state index contributed by atoms with van der Waals surface area (Å²) < 4.78 is 26.5. The predicted octanol–water partition coefficient (Wildman–Crippen LogP) is 10.6. The molecule has 4 N–H and O–H groups in total. The van der Waals surface area contributed by atoms with Crippen LogP contribution in [0.5, 0.6) is 0 Å². The summed E-state index contributed by atoms with van der Waals surface area (Å²) in [6, 6.07) is 0. The lowest BCUT2D eigenvalue weighted by atomic mass is 9.88. The molecule has 0 aliphatic heterocycles. The number of ether oxygens (including phenoxy) is 2. The lowest BCUT2D eigenvalue weighted by molar-refractivity contribution is -0.161. The molecular formula is C45H83O11P. The maximum atomic E-state index is 12.5. The van der Waals surface area contributed by atoms with Crippen molar-refractivity contribution in [1.29, 1.82) is 0 Å². The molecule has 0 amide bonds. The number of aliphatic hydroxyl groups is 2. The third kappa shape index (κ3) is 31.0. The van der Waals surface area contributed by atoms with Crippen molar-refractivity contribution >= 4 is 25.5 Å². The van der Waals surface area contributed by atoms with Gasteiger partial charge in [0, 0.05) is 25.2 Å². The fraction of sp³-hybridized carbons (Fsp3) is 0.889. The Morgan fingerprint density at radius 3 is 1.74 bits per heavy atom. The molecule has 1 aliphatic rings. The second-order valence-electron chi connectivity index (χ2n) is 17.0. The van der Waals surface area contributed by atoms with E-state index in [0.717, 1.165) is 63.7 Å². The van der Waals surface area contributed by atoms with Gasteiger partial charge in [0.2, 0.25) is 0 Å². The van der Waals surface area contributed by atoms with Crippen molar-refractivity contribution < 1.29 is 52.9 Å². The molecule has 0 saturated heterocycles. The van der Waals surface area contributed by atoms with Gasteiger partial charge in [0.05, 0.1) is 18.8 Å². The van der Waals surface area contributed by atoms with Crippen LogP contribution in [-0.4, -0.2) is 69.2 Å². The van der Waals surface area contributed by atoms with Crippen molar-refractivity contribution in [2.45, 2.75) is 225 Å². The molecule has 0 aromatic carbocycles. The monoisotopic (exact) mass is 831 g/mol. The van der Waals surface area contributed by atoms with Gasteiger partial charge in [-0.15, -0.1) is 0 Å². The van der Waals surface area contributed by atoms with E-state index in [0.29, 0.717) is 25.7 Å². The maximum absolute atomic E-state index is 12.5. The summed E-state index contributed by atoms with van der Waals surface area (Å²) in [5, 5.41) is 20.7. The Morgan fingerprint density at radius 2 is 1.21 bits per heavy atom. The molecule has 12 heteroatoms. The summed E-state index contributed by atoms with van der Waals surface area (Å²) >= 11 is 0. The van der Waals surface area contributed by atoms with Gasteiger partial charge in [0.15, 0.2) is 6.10 Å². The summed E-state index contributed by atoms with van der Waals surface area (Å²) in [6.07, 6.45) is 29.8. The van der Waals surface area contributed by atoms with Crippen LogP contribution in [-0.2, 0) is 32.9 Å². The number of unbranched alkanes of at least 4 members (excludes halogenated alkanes) is 20. The lowest BCUT2D eigenvalue weighted by Crippen LogP contribution is -2.29. The normalized spacial score (nSPS) is 18.5. The highest BCUT2D eigenvalue weighted by atomic mass is 31.2. The number of phosphoric ester groups is 1. The number of rotatable bonds is 38. The summed E-state index contributed by atoms with van der Waals surface area (Å²) in [6.45, 7) is 5.75. The summed E-state index contributed by atoms with van der Waals surface area (Å²) in [5.41, 5.74) is 0. The van der Waals surface area contributed by atoms with Crippen LogP contribution >= 0.6 is 7.82 Å².